The van der Waals surface area contributed by atoms with Crippen LogP contribution in [-0.2, 0) is 21.4 Å². The van der Waals surface area contributed by atoms with Gasteiger partial charge in [0.1, 0.15) is 11.6 Å². The van der Waals surface area contributed by atoms with E-state index in [2.05, 4.69) is 20.5 Å². The summed E-state index contributed by atoms with van der Waals surface area (Å²) < 4.78 is 27.6. The summed E-state index contributed by atoms with van der Waals surface area (Å²) in [6, 6.07) is 8.20. The van der Waals surface area contributed by atoms with Crippen LogP contribution in [0.15, 0.2) is 35.2 Å². The predicted octanol–water partition coefficient (Wildman–Crippen LogP) is 2.11. The van der Waals surface area contributed by atoms with Gasteiger partial charge in [0.2, 0.25) is 15.9 Å². The van der Waals surface area contributed by atoms with Crippen LogP contribution in [0.5, 0.6) is 0 Å². The summed E-state index contributed by atoms with van der Waals surface area (Å²) >= 11 is 0. The molecule has 31 heavy (non-hydrogen) atoms. The molecule has 2 N–H and O–H groups in total. The van der Waals surface area contributed by atoms with Crippen molar-refractivity contribution in [3.8, 4) is 0 Å². The van der Waals surface area contributed by atoms with E-state index >= 15 is 0 Å². The van der Waals surface area contributed by atoms with E-state index in [1.54, 1.807) is 12.1 Å². The standard InChI is InChI=1S/C21H30N6O3S/c1-15(28)23-17-5-7-19(8-6-17)31(29,30)27-11-9-16(10-12-27)21-24-18(14-26(3)4)13-20(22-2)25-21/h5-8,13,16H,9-12,14H2,1-4H3,(H,23,28)(H,22,24,25). The third kappa shape index (κ3) is 5.78. The smallest absolute Gasteiger partial charge is 0.243 e. The van der Waals surface area contributed by atoms with Crippen LogP contribution in [0.25, 0.3) is 0 Å². The first-order valence-corrected chi connectivity index (χ1v) is 11.7. The van der Waals surface area contributed by atoms with Crippen LogP contribution in [-0.4, -0.2) is 67.7 Å². The maximum atomic E-state index is 13.0. The van der Waals surface area contributed by atoms with Crippen molar-refractivity contribution in [2.45, 2.75) is 37.1 Å². The van der Waals surface area contributed by atoms with Gasteiger partial charge in [0.15, 0.2) is 0 Å². The predicted molar refractivity (Wildman–Crippen MR) is 120 cm³/mol. The monoisotopic (exact) mass is 446 g/mol. The van der Waals surface area contributed by atoms with Crippen LogP contribution in [0.1, 0.15) is 37.2 Å². The van der Waals surface area contributed by atoms with Gasteiger partial charge in [-0.05, 0) is 51.2 Å². The second kappa shape index (κ2) is 9.71. The minimum Gasteiger partial charge on any atom is -0.373 e. The van der Waals surface area contributed by atoms with Crippen LogP contribution < -0.4 is 10.6 Å². The van der Waals surface area contributed by atoms with Gasteiger partial charge in [0.25, 0.3) is 0 Å². The Morgan fingerprint density at radius 3 is 2.35 bits per heavy atom. The molecule has 2 heterocycles. The normalized spacial score (nSPS) is 15.8. The first-order valence-electron chi connectivity index (χ1n) is 10.3. The van der Waals surface area contributed by atoms with Crippen molar-refractivity contribution in [1.82, 2.24) is 19.2 Å². The highest BCUT2D eigenvalue weighted by molar-refractivity contribution is 7.89. The first kappa shape index (κ1) is 23.1. The van der Waals surface area contributed by atoms with Crippen molar-refractivity contribution < 1.29 is 13.2 Å². The molecule has 168 valence electrons. The summed E-state index contributed by atoms with van der Waals surface area (Å²) in [5.41, 5.74) is 1.51. The molecule has 1 aliphatic heterocycles. The number of sulfonamides is 1. The molecular formula is C21H30N6O3S. The topological polar surface area (TPSA) is 108 Å². The minimum absolute atomic E-state index is 0.114. The van der Waals surface area contributed by atoms with Crippen LogP contribution in [0.2, 0.25) is 0 Å². The number of hydrogen-bond acceptors (Lipinski definition) is 7. The number of aromatic nitrogens is 2. The van der Waals surface area contributed by atoms with E-state index in [0.717, 1.165) is 17.3 Å². The lowest BCUT2D eigenvalue weighted by molar-refractivity contribution is -0.114. The lowest BCUT2D eigenvalue weighted by atomic mass is 9.97. The van der Waals surface area contributed by atoms with Gasteiger partial charge in [-0.1, -0.05) is 0 Å². The van der Waals surface area contributed by atoms with Crippen molar-refractivity contribution in [2.24, 2.45) is 0 Å². The van der Waals surface area contributed by atoms with Crippen molar-refractivity contribution in [3.05, 3.63) is 41.9 Å². The number of nitrogens with zero attached hydrogens (tertiary/aromatic N) is 4. The second-order valence-corrected chi connectivity index (χ2v) is 9.91. The Bertz CT molecular complexity index is 1020. The van der Waals surface area contributed by atoms with E-state index in [4.69, 9.17) is 4.98 Å². The molecule has 1 amide bonds. The zero-order valence-corrected chi connectivity index (χ0v) is 19.2. The van der Waals surface area contributed by atoms with Gasteiger partial charge in [0, 0.05) is 51.3 Å². The van der Waals surface area contributed by atoms with Crippen molar-refractivity contribution in [3.63, 3.8) is 0 Å². The maximum Gasteiger partial charge on any atom is 0.243 e. The SMILES string of the molecule is CNc1cc(CN(C)C)nc(C2CCN(S(=O)(=O)c3ccc(NC(C)=O)cc3)CC2)n1. The Labute approximate surface area is 183 Å². The molecule has 0 radical (unpaired) electrons. The average molecular weight is 447 g/mol. The quantitative estimate of drug-likeness (QED) is 0.671. The molecule has 0 aliphatic carbocycles. The van der Waals surface area contributed by atoms with E-state index < -0.39 is 10.0 Å². The Morgan fingerprint density at radius 2 is 1.81 bits per heavy atom. The van der Waals surface area contributed by atoms with E-state index in [1.807, 2.05) is 27.2 Å². The highest BCUT2D eigenvalue weighted by atomic mass is 32.2. The van der Waals surface area contributed by atoms with Crippen molar-refractivity contribution in [1.29, 1.82) is 0 Å². The number of amides is 1. The number of rotatable bonds is 7. The Balaban J connectivity index is 1.70. The Hall–Kier alpha value is -2.56. The van der Waals surface area contributed by atoms with Gasteiger partial charge in [-0.15, -0.1) is 0 Å². The molecule has 1 fully saturated rings. The number of piperidine rings is 1. The molecule has 0 bridgehead atoms. The molecule has 0 saturated carbocycles. The number of nitrogens with one attached hydrogen (secondary N) is 2. The van der Waals surface area contributed by atoms with E-state index in [1.165, 1.54) is 23.4 Å². The largest absolute Gasteiger partial charge is 0.373 e. The zero-order valence-electron chi connectivity index (χ0n) is 18.4. The molecule has 10 heteroatoms. The summed E-state index contributed by atoms with van der Waals surface area (Å²) in [5, 5.41) is 5.73. The first-order chi connectivity index (χ1) is 14.7. The van der Waals surface area contributed by atoms with Crippen LogP contribution >= 0.6 is 0 Å². The molecular weight excluding hydrogens is 416 g/mol. The molecule has 0 atom stereocenters. The molecule has 3 rings (SSSR count). The van der Waals surface area contributed by atoms with E-state index in [9.17, 15) is 13.2 Å². The van der Waals surface area contributed by atoms with Gasteiger partial charge < -0.3 is 15.5 Å². The molecule has 1 saturated heterocycles. The Morgan fingerprint density at radius 1 is 1.16 bits per heavy atom. The third-order valence-electron chi connectivity index (χ3n) is 5.16. The molecule has 1 aliphatic rings. The fourth-order valence-corrected chi connectivity index (χ4v) is 5.12. The van der Waals surface area contributed by atoms with E-state index in [-0.39, 0.29) is 16.7 Å². The molecule has 0 spiro atoms. The minimum atomic E-state index is -3.59. The zero-order chi connectivity index (χ0) is 22.6. The summed E-state index contributed by atoms with van der Waals surface area (Å²) in [7, 11) is 2.23. The number of carbonyl (C=O) groups is 1. The van der Waals surface area contributed by atoms with Crippen LogP contribution in [0, 0.1) is 0 Å². The van der Waals surface area contributed by atoms with Gasteiger partial charge in [-0.3, -0.25) is 4.79 Å². The summed E-state index contributed by atoms with van der Waals surface area (Å²) in [5.74, 6) is 1.45. The Kier molecular flexibility index (Phi) is 7.24. The summed E-state index contributed by atoms with van der Waals surface area (Å²) in [4.78, 5) is 22.8. The lowest BCUT2D eigenvalue weighted by Gasteiger charge is -2.30. The second-order valence-electron chi connectivity index (χ2n) is 7.97. The van der Waals surface area contributed by atoms with Crippen LogP contribution in [0.3, 0.4) is 0 Å². The fraction of sp³-hybridized carbons (Fsp3) is 0.476. The van der Waals surface area contributed by atoms with Crippen molar-refractivity contribution in [2.75, 3.05) is 44.9 Å². The van der Waals surface area contributed by atoms with Gasteiger partial charge in [-0.2, -0.15) is 4.31 Å². The number of hydrogen-bond donors (Lipinski definition) is 2. The fourth-order valence-electron chi connectivity index (χ4n) is 3.65. The molecule has 1 aromatic heterocycles. The number of anilines is 2. The molecule has 1 aromatic carbocycles. The van der Waals surface area contributed by atoms with Crippen LogP contribution in [0.4, 0.5) is 11.5 Å². The molecule has 2 aromatic rings. The third-order valence-corrected chi connectivity index (χ3v) is 7.08. The molecule has 9 nitrogen and oxygen atoms in total. The van der Waals surface area contributed by atoms with Gasteiger partial charge in [-0.25, -0.2) is 18.4 Å². The number of carbonyl (C=O) groups excluding carboxylic acids is 1. The van der Waals surface area contributed by atoms with Gasteiger partial charge >= 0.3 is 0 Å². The highest BCUT2D eigenvalue weighted by Crippen LogP contribution is 2.30. The number of benzene rings is 1. The highest BCUT2D eigenvalue weighted by Gasteiger charge is 2.31. The lowest BCUT2D eigenvalue weighted by Crippen LogP contribution is -2.38. The van der Waals surface area contributed by atoms with Gasteiger partial charge in [0.05, 0.1) is 10.6 Å². The summed E-state index contributed by atoms with van der Waals surface area (Å²) in [6.07, 6.45) is 1.33. The summed E-state index contributed by atoms with van der Waals surface area (Å²) in [6.45, 7) is 2.95. The maximum absolute atomic E-state index is 13.0. The van der Waals surface area contributed by atoms with Crippen molar-refractivity contribution >= 4 is 27.4 Å². The average Bonchev–Trinajstić information content (AvgIpc) is 2.73. The van der Waals surface area contributed by atoms with E-state index in [0.29, 0.717) is 38.2 Å². The molecule has 0 unspecified atom stereocenters.